The van der Waals surface area contributed by atoms with Gasteiger partial charge in [-0.25, -0.2) is 0 Å². The molecular weight excluding hydrogens is 330 g/mol. The first-order valence-electron chi connectivity index (χ1n) is 9.25. The zero-order valence-corrected chi connectivity index (χ0v) is 15.9. The fourth-order valence-corrected chi connectivity index (χ4v) is 5.28. The van der Waals surface area contributed by atoms with Crippen molar-refractivity contribution < 1.29 is 4.79 Å². The summed E-state index contributed by atoms with van der Waals surface area (Å²) in [5, 5.41) is 3.31. The van der Waals surface area contributed by atoms with Crippen molar-refractivity contribution in [3.63, 3.8) is 0 Å². The Morgan fingerprint density at radius 2 is 2.08 bits per heavy atom. The fraction of sp³-hybridized carbons (Fsp3) is 0.550. The van der Waals surface area contributed by atoms with Gasteiger partial charge in [0.2, 0.25) is 0 Å². The van der Waals surface area contributed by atoms with Crippen molar-refractivity contribution in [1.82, 2.24) is 14.8 Å². The molecule has 1 spiro atoms. The van der Waals surface area contributed by atoms with Crippen LogP contribution in [-0.4, -0.2) is 34.5 Å². The average Bonchev–Trinajstić information content (AvgIpc) is 3.20. The number of aromatic nitrogens is 1. The summed E-state index contributed by atoms with van der Waals surface area (Å²) in [5.41, 5.74) is 1.11. The molecule has 2 fully saturated rings. The molecule has 0 bridgehead atoms. The zero-order valence-electron chi connectivity index (χ0n) is 15.1. The predicted octanol–water partition coefficient (Wildman–Crippen LogP) is 3.57. The number of hydrogen-bond acceptors (Lipinski definition) is 3. The van der Waals surface area contributed by atoms with E-state index in [1.807, 2.05) is 41.4 Å². The topological polar surface area (TPSA) is 37.3 Å². The molecule has 2 aliphatic rings. The first-order valence-corrected chi connectivity index (χ1v) is 10.1. The summed E-state index contributed by atoms with van der Waals surface area (Å²) in [6.07, 6.45) is 8.62. The number of piperidine rings is 1. The summed E-state index contributed by atoms with van der Waals surface area (Å²) in [4.78, 5) is 17.9. The van der Waals surface area contributed by atoms with Crippen LogP contribution < -0.4 is 5.32 Å². The Bertz CT molecular complexity index is 755. The Hall–Kier alpha value is -1.59. The van der Waals surface area contributed by atoms with Gasteiger partial charge in [0.1, 0.15) is 0 Å². The number of rotatable bonds is 4. The lowest BCUT2D eigenvalue weighted by atomic mass is 9.59. The maximum atomic E-state index is 12.5. The number of thiophene rings is 1. The number of nitrogens with one attached hydrogen (secondary N) is 1. The van der Waals surface area contributed by atoms with Crippen molar-refractivity contribution in [1.29, 1.82) is 0 Å². The van der Waals surface area contributed by atoms with Crippen LogP contribution in [0, 0.1) is 12.3 Å². The second kappa shape index (κ2) is 6.61. The molecule has 4 nitrogen and oxygen atoms in total. The maximum Gasteiger partial charge on any atom is 0.253 e. The van der Waals surface area contributed by atoms with E-state index < -0.39 is 0 Å². The van der Waals surface area contributed by atoms with E-state index in [4.69, 9.17) is 0 Å². The number of hydrogen-bond donors (Lipinski definition) is 1. The molecule has 0 radical (unpaired) electrons. The van der Waals surface area contributed by atoms with Gasteiger partial charge in [-0.3, -0.25) is 9.69 Å². The average molecular weight is 358 g/mol. The number of amides is 1. The lowest BCUT2D eigenvalue weighted by molar-refractivity contribution is -0.00686. The number of likely N-dealkylation sites (tertiary alicyclic amines) is 1. The first-order chi connectivity index (χ1) is 12.0. The van der Waals surface area contributed by atoms with Crippen molar-refractivity contribution in [2.24, 2.45) is 12.5 Å². The molecule has 1 saturated carbocycles. The lowest BCUT2D eigenvalue weighted by Gasteiger charge is -2.54. The minimum absolute atomic E-state index is 0.0844. The first kappa shape index (κ1) is 16.9. The van der Waals surface area contributed by atoms with E-state index >= 15 is 0 Å². The van der Waals surface area contributed by atoms with Gasteiger partial charge in [0.05, 0.1) is 5.56 Å². The third-order valence-corrected chi connectivity index (χ3v) is 7.08. The van der Waals surface area contributed by atoms with Crippen LogP contribution in [0.3, 0.4) is 0 Å². The highest BCUT2D eigenvalue weighted by atomic mass is 32.1. The van der Waals surface area contributed by atoms with Gasteiger partial charge in [0.25, 0.3) is 5.91 Å². The van der Waals surface area contributed by atoms with Crippen LogP contribution in [0.25, 0.3) is 0 Å². The summed E-state index contributed by atoms with van der Waals surface area (Å²) in [7, 11) is 1.95. The molecule has 4 rings (SSSR count). The minimum Gasteiger partial charge on any atom is -0.356 e. The molecule has 1 saturated heterocycles. The molecule has 0 aromatic carbocycles. The lowest BCUT2D eigenvalue weighted by Crippen LogP contribution is -2.59. The SMILES string of the molecule is Cc1ccc(CN2CCC3(CC[C@@H]3NC(=O)c3ccn(C)c3)CC2)s1. The van der Waals surface area contributed by atoms with Crippen molar-refractivity contribution >= 4 is 17.2 Å². The van der Waals surface area contributed by atoms with Crippen LogP contribution in [-0.2, 0) is 13.6 Å². The third kappa shape index (κ3) is 3.40. The second-order valence-electron chi connectivity index (χ2n) is 7.78. The van der Waals surface area contributed by atoms with Gasteiger partial charge < -0.3 is 9.88 Å². The van der Waals surface area contributed by atoms with Crippen LogP contribution in [0.4, 0.5) is 0 Å². The molecule has 1 aliphatic heterocycles. The van der Waals surface area contributed by atoms with Crippen LogP contribution in [0.2, 0.25) is 0 Å². The Labute approximate surface area is 153 Å². The summed E-state index contributed by atoms with van der Waals surface area (Å²) in [5.74, 6) is 0.0844. The maximum absolute atomic E-state index is 12.5. The van der Waals surface area contributed by atoms with Gasteiger partial charge >= 0.3 is 0 Å². The van der Waals surface area contributed by atoms with Gasteiger partial charge in [-0.2, -0.15) is 0 Å². The molecule has 1 amide bonds. The van der Waals surface area contributed by atoms with Crippen LogP contribution >= 0.6 is 11.3 Å². The molecule has 5 heteroatoms. The molecule has 1 aliphatic carbocycles. The highest BCUT2D eigenvalue weighted by molar-refractivity contribution is 7.11. The Morgan fingerprint density at radius 1 is 1.28 bits per heavy atom. The summed E-state index contributed by atoms with van der Waals surface area (Å²) in [6, 6.07) is 6.72. The van der Waals surface area contributed by atoms with Gasteiger partial charge in [-0.1, -0.05) is 0 Å². The summed E-state index contributed by atoms with van der Waals surface area (Å²) in [6.45, 7) is 5.55. The monoisotopic (exact) mass is 357 g/mol. The minimum atomic E-state index is 0.0844. The standard InChI is InChI=1S/C20H27N3OS/c1-15-3-4-17(25-15)14-23-11-8-20(9-12-23)7-5-18(20)21-19(24)16-6-10-22(2)13-16/h3-4,6,10,13,18H,5,7-9,11-12,14H2,1-2H3,(H,21,24)/t18-/m0/s1. The Morgan fingerprint density at radius 3 is 2.64 bits per heavy atom. The largest absolute Gasteiger partial charge is 0.356 e. The van der Waals surface area contributed by atoms with Crippen LogP contribution in [0.5, 0.6) is 0 Å². The van der Waals surface area contributed by atoms with Gasteiger partial charge in [-0.05, 0) is 69.3 Å². The van der Waals surface area contributed by atoms with Gasteiger partial charge in [0, 0.05) is 41.8 Å². The number of nitrogens with zero attached hydrogens (tertiary/aromatic N) is 2. The van der Waals surface area contributed by atoms with Crippen molar-refractivity contribution in [2.75, 3.05) is 13.1 Å². The van der Waals surface area contributed by atoms with Crippen molar-refractivity contribution in [2.45, 2.75) is 45.2 Å². The summed E-state index contributed by atoms with van der Waals surface area (Å²) >= 11 is 1.91. The predicted molar refractivity (Wildman–Crippen MR) is 102 cm³/mol. The Balaban J connectivity index is 1.32. The number of aryl methyl sites for hydroxylation is 2. The quantitative estimate of drug-likeness (QED) is 0.908. The molecule has 3 heterocycles. The van der Waals surface area contributed by atoms with Crippen LogP contribution in [0.15, 0.2) is 30.6 Å². The van der Waals surface area contributed by atoms with E-state index in [-0.39, 0.29) is 5.91 Å². The normalized spacial score (nSPS) is 22.7. The van der Waals surface area contributed by atoms with Gasteiger partial charge in [0.15, 0.2) is 0 Å². The summed E-state index contributed by atoms with van der Waals surface area (Å²) < 4.78 is 1.93. The van der Waals surface area contributed by atoms with E-state index in [1.165, 1.54) is 29.0 Å². The number of carbonyl (C=O) groups excluding carboxylic acids is 1. The van der Waals surface area contributed by atoms with E-state index in [2.05, 4.69) is 29.3 Å². The van der Waals surface area contributed by atoms with E-state index in [0.29, 0.717) is 11.5 Å². The van der Waals surface area contributed by atoms with Crippen molar-refractivity contribution in [3.05, 3.63) is 45.9 Å². The molecule has 25 heavy (non-hydrogen) atoms. The Kier molecular flexibility index (Phi) is 4.46. The molecule has 134 valence electrons. The van der Waals surface area contributed by atoms with E-state index in [0.717, 1.165) is 31.6 Å². The van der Waals surface area contributed by atoms with Crippen LogP contribution in [0.1, 0.15) is 45.8 Å². The third-order valence-electron chi connectivity index (χ3n) is 6.10. The molecule has 1 atom stereocenters. The second-order valence-corrected chi connectivity index (χ2v) is 9.15. The molecule has 2 aromatic rings. The fourth-order valence-electron chi connectivity index (χ4n) is 4.35. The highest BCUT2D eigenvalue weighted by Gasteiger charge is 2.48. The molecule has 1 N–H and O–H groups in total. The zero-order chi connectivity index (χ0) is 17.4. The van der Waals surface area contributed by atoms with Gasteiger partial charge in [-0.15, -0.1) is 11.3 Å². The highest BCUT2D eigenvalue weighted by Crippen LogP contribution is 2.49. The van der Waals surface area contributed by atoms with E-state index in [9.17, 15) is 4.79 Å². The smallest absolute Gasteiger partial charge is 0.253 e. The molecule has 0 unspecified atom stereocenters. The van der Waals surface area contributed by atoms with E-state index in [1.54, 1.807) is 0 Å². The molecular formula is C20H27N3OS. The number of carbonyl (C=O) groups is 1. The van der Waals surface area contributed by atoms with Crippen molar-refractivity contribution in [3.8, 4) is 0 Å². The molecule has 2 aromatic heterocycles.